The maximum atomic E-state index is 13.3. The molecule has 4 aromatic rings. The summed E-state index contributed by atoms with van der Waals surface area (Å²) < 4.78 is 19.6. The van der Waals surface area contributed by atoms with Crippen molar-refractivity contribution in [1.29, 1.82) is 0 Å². The molecule has 0 fully saturated rings. The maximum absolute atomic E-state index is 13.3. The minimum absolute atomic E-state index is 0.259. The van der Waals surface area contributed by atoms with Gasteiger partial charge < -0.3 is 4.74 Å². The van der Waals surface area contributed by atoms with Crippen LogP contribution in [0.3, 0.4) is 0 Å². The van der Waals surface area contributed by atoms with Gasteiger partial charge in [-0.1, -0.05) is 78.1 Å². The van der Waals surface area contributed by atoms with E-state index in [9.17, 15) is 4.39 Å². The first-order chi connectivity index (χ1) is 15.8. The summed E-state index contributed by atoms with van der Waals surface area (Å²) in [6.45, 7) is 0. The molecule has 32 heavy (non-hydrogen) atoms. The number of rotatable bonds is 7. The zero-order valence-electron chi connectivity index (χ0n) is 17.1. The van der Waals surface area contributed by atoms with Crippen molar-refractivity contribution in [3.05, 3.63) is 132 Å². The van der Waals surface area contributed by atoms with Crippen LogP contribution in [0.4, 0.5) is 10.1 Å². The number of hydrogen-bond donors (Lipinski definition) is 0. The molecule has 0 saturated carbocycles. The van der Waals surface area contributed by atoms with Crippen LogP contribution < -0.4 is 4.74 Å². The molecular weight excluding hydrogens is 437 g/mol. The third-order valence-electron chi connectivity index (χ3n) is 4.24. The summed E-state index contributed by atoms with van der Waals surface area (Å²) in [5, 5.41) is 2.64. The highest BCUT2D eigenvalue weighted by Gasteiger charge is 2.14. The zero-order valence-corrected chi connectivity index (χ0v) is 18.7. The number of hydrogen-bond acceptors (Lipinski definition) is 4. The van der Waals surface area contributed by atoms with Gasteiger partial charge in [-0.05, 0) is 60.7 Å². The second-order valence-electron chi connectivity index (χ2n) is 6.64. The first-order valence-corrected chi connectivity index (χ1v) is 11.7. The molecule has 0 aliphatic heterocycles. The van der Waals surface area contributed by atoms with Crippen LogP contribution in [0.5, 0.6) is 5.75 Å². The zero-order chi connectivity index (χ0) is 22.0. The molecule has 0 atom stereocenters. The van der Waals surface area contributed by atoms with E-state index in [0.29, 0.717) is 11.5 Å². The van der Waals surface area contributed by atoms with Crippen molar-refractivity contribution in [2.24, 2.45) is 4.99 Å². The van der Waals surface area contributed by atoms with E-state index in [4.69, 9.17) is 9.73 Å². The monoisotopic (exact) mass is 457 g/mol. The van der Waals surface area contributed by atoms with Gasteiger partial charge in [0.25, 0.3) is 0 Å². The molecule has 158 valence electrons. The largest absolute Gasteiger partial charge is 0.454 e. The van der Waals surface area contributed by atoms with Crippen molar-refractivity contribution in [2.45, 2.75) is 9.79 Å². The molecule has 0 spiro atoms. The Morgan fingerprint density at radius 1 is 0.688 bits per heavy atom. The highest BCUT2D eigenvalue weighted by molar-refractivity contribution is 8.14. The van der Waals surface area contributed by atoms with Gasteiger partial charge >= 0.3 is 0 Å². The normalized spacial score (nSPS) is 11.9. The maximum Gasteiger partial charge on any atom is 0.166 e. The van der Waals surface area contributed by atoms with Gasteiger partial charge in [-0.25, -0.2) is 9.38 Å². The van der Waals surface area contributed by atoms with E-state index in [1.54, 1.807) is 12.1 Å². The van der Waals surface area contributed by atoms with Crippen LogP contribution in [-0.2, 0) is 0 Å². The lowest BCUT2D eigenvalue weighted by Gasteiger charge is -2.13. The van der Waals surface area contributed by atoms with Gasteiger partial charge in [-0.2, -0.15) is 0 Å². The van der Waals surface area contributed by atoms with Crippen LogP contribution in [0.1, 0.15) is 0 Å². The van der Waals surface area contributed by atoms with Crippen molar-refractivity contribution < 1.29 is 9.13 Å². The van der Waals surface area contributed by atoms with E-state index in [0.717, 1.165) is 20.5 Å². The van der Waals surface area contributed by atoms with Gasteiger partial charge in [-0.3, -0.25) is 0 Å². The van der Waals surface area contributed by atoms with E-state index in [1.165, 1.54) is 35.7 Å². The first-order valence-electron chi connectivity index (χ1n) is 9.98. The number of halogens is 1. The molecular formula is C27H20FNOS2. The summed E-state index contributed by atoms with van der Waals surface area (Å²) >= 11 is 2.99. The Hall–Kier alpha value is -3.28. The van der Waals surface area contributed by atoms with Gasteiger partial charge in [0.05, 0.1) is 5.69 Å². The van der Waals surface area contributed by atoms with Crippen molar-refractivity contribution in [3.8, 4) is 5.75 Å². The number of benzene rings is 4. The van der Waals surface area contributed by atoms with Crippen molar-refractivity contribution in [2.75, 3.05) is 0 Å². The number of ether oxygens (including phenoxy) is 1. The predicted octanol–water partition coefficient (Wildman–Crippen LogP) is 8.36. The Morgan fingerprint density at radius 3 is 1.94 bits per heavy atom. The fourth-order valence-electron chi connectivity index (χ4n) is 2.72. The fourth-order valence-corrected chi connectivity index (χ4v) is 4.36. The molecule has 0 saturated heterocycles. The predicted molar refractivity (Wildman–Crippen MR) is 133 cm³/mol. The Labute approximate surface area is 195 Å². The summed E-state index contributed by atoms with van der Waals surface area (Å²) in [4.78, 5) is 6.85. The van der Waals surface area contributed by atoms with Crippen LogP contribution in [0.15, 0.2) is 141 Å². The highest BCUT2D eigenvalue weighted by atomic mass is 32.2. The van der Waals surface area contributed by atoms with Crippen LogP contribution in [0.25, 0.3) is 0 Å². The molecule has 0 aromatic heterocycles. The SMILES string of the molecule is Fc1ccc(SC=C(Oc2ccccc2)C(=Nc2ccccc2)Sc2ccccc2)cc1. The summed E-state index contributed by atoms with van der Waals surface area (Å²) in [6.07, 6.45) is 0. The lowest BCUT2D eigenvalue weighted by molar-refractivity contribution is 0.457. The molecule has 0 heterocycles. The number of nitrogens with zero attached hydrogens (tertiary/aromatic N) is 1. The molecule has 0 radical (unpaired) electrons. The van der Waals surface area contributed by atoms with E-state index in [-0.39, 0.29) is 5.82 Å². The quantitative estimate of drug-likeness (QED) is 0.120. The average molecular weight is 458 g/mol. The lowest BCUT2D eigenvalue weighted by atomic mass is 10.3. The smallest absolute Gasteiger partial charge is 0.166 e. The molecule has 2 nitrogen and oxygen atoms in total. The third-order valence-corrected chi connectivity index (χ3v) is 6.11. The fraction of sp³-hybridized carbons (Fsp3) is 0. The van der Waals surface area contributed by atoms with E-state index in [2.05, 4.69) is 0 Å². The van der Waals surface area contributed by atoms with Crippen LogP contribution >= 0.6 is 23.5 Å². The second kappa shape index (κ2) is 11.4. The molecule has 0 unspecified atom stereocenters. The molecule has 0 aliphatic rings. The van der Waals surface area contributed by atoms with Gasteiger partial charge in [0.2, 0.25) is 0 Å². The van der Waals surface area contributed by atoms with Crippen molar-refractivity contribution in [3.63, 3.8) is 0 Å². The van der Waals surface area contributed by atoms with Gasteiger partial charge in [0.15, 0.2) is 5.76 Å². The van der Waals surface area contributed by atoms with E-state index < -0.39 is 0 Å². The highest BCUT2D eigenvalue weighted by Crippen LogP contribution is 2.31. The van der Waals surface area contributed by atoms with Crippen LogP contribution in [-0.4, -0.2) is 5.04 Å². The number of aliphatic imine (C=N–C) groups is 1. The second-order valence-corrected chi connectivity index (χ2v) is 8.64. The number of thioether (sulfide) groups is 2. The van der Waals surface area contributed by atoms with E-state index >= 15 is 0 Å². The van der Waals surface area contributed by atoms with Crippen molar-refractivity contribution in [1.82, 2.24) is 0 Å². The van der Waals surface area contributed by atoms with Crippen LogP contribution in [0.2, 0.25) is 0 Å². The Balaban J connectivity index is 1.72. The minimum Gasteiger partial charge on any atom is -0.454 e. The van der Waals surface area contributed by atoms with Gasteiger partial charge in [0, 0.05) is 15.2 Å². The summed E-state index contributed by atoms with van der Waals surface area (Å²) in [6, 6.07) is 35.9. The standard InChI is InChI=1S/C27H20FNOS2/c28-21-16-18-24(19-17-21)31-20-26(30-23-12-6-2-7-13-23)27(29-22-10-4-1-5-11-22)32-25-14-8-3-9-15-25/h1-20H. The first kappa shape index (κ1) is 21.9. The molecule has 0 N–H and O–H groups in total. The topological polar surface area (TPSA) is 21.6 Å². The molecule has 5 heteroatoms. The third kappa shape index (κ3) is 6.61. The molecule has 0 aliphatic carbocycles. The summed E-state index contributed by atoms with van der Waals surface area (Å²) in [7, 11) is 0. The molecule has 0 amide bonds. The number of para-hydroxylation sites is 2. The van der Waals surface area contributed by atoms with Crippen LogP contribution in [0, 0.1) is 5.82 Å². The van der Waals surface area contributed by atoms with E-state index in [1.807, 2.05) is 96.4 Å². The molecule has 0 bridgehead atoms. The Morgan fingerprint density at radius 2 is 1.28 bits per heavy atom. The van der Waals surface area contributed by atoms with Gasteiger partial charge in [-0.15, -0.1) is 0 Å². The summed E-state index contributed by atoms with van der Waals surface area (Å²) in [5.74, 6) is 1.07. The van der Waals surface area contributed by atoms with Gasteiger partial charge in [0.1, 0.15) is 16.6 Å². The minimum atomic E-state index is -0.259. The Bertz CT molecular complexity index is 1180. The summed E-state index contributed by atoms with van der Waals surface area (Å²) in [5.41, 5.74) is 0.834. The Kier molecular flexibility index (Phi) is 7.79. The molecule has 4 aromatic carbocycles. The average Bonchev–Trinajstić information content (AvgIpc) is 2.84. The lowest BCUT2D eigenvalue weighted by Crippen LogP contribution is -2.06. The molecule has 4 rings (SSSR count). The van der Waals surface area contributed by atoms with Crippen molar-refractivity contribution >= 4 is 34.3 Å².